The second kappa shape index (κ2) is 9.98. The fourth-order valence-corrected chi connectivity index (χ4v) is 1.57. The Morgan fingerprint density at radius 3 is 2.09 bits per heavy atom. The molecule has 1 unspecified atom stereocenters. The third kappa shape index (κ3) is 8.97. The number of carbonyl (C=O) groups is 3. The van der Waals surface area contributed by atoms with Gasteiger partial charge in [-0.15, -0.1) is 0 Å². The van der Waals surface area contributed by atoms with Crippen LogP contribution in [0.1, 0.15) is 27.2 Å². The second-order valence-corrected chi connectivity index (χ2v) is 5.53. The summed E-state index contributed by atoms with van der Waals surface area (Å²) >= 11 is 0. The quantitative estimate of drug-likeness (QED) is 0.520. The number of alkyl halides is 1. The first-order valence-electron chi connectivity index (χ1n) is 6.97. The summed E-state index contributed by atoms with van der Waals surface area (Å²) in [5.41, 5.74) is -0.767. The lowest BCUT2D eigenvalue weighted by molar-refractivity contribution is -0.156. The van der Waals surface area contributed by atoms with Gasteiger partial charge in [-0.25, -0.2) is 18.8 Å². The molecule has 1 N–H and O–H groups in total. The Bertz CT molecular complexity index is 408. The molecule has 0 aliphatic heterocycles. The second-order valence-electron chi connectivity index (χ2n) is 5.53. The highest BCUT2D eigenvalue weighted by Gasteiger charge is 2.31. The normalized spacial score (nSPS) is 13.7. The van der Waals surface area contributed by atoms with Crippen molar-refractivity contribution in [3.63, 3.8) is 0 Å². The number of alkyl carbamates (subject to hydrolysis) is 1. The highest BCUT2D eigenvalue weighted by Crippen LogP contribution is 2.10. The smallest absolute Gasteiger partial charge is 0.408 e. The monoisotopic (exact) mass is 337 g/mol. The number of amides is 1. The molecule has 0 saturated heterocycles. The summed E-state index contributed by atoms with van der Waals surface area (Å²) in [5.74, 6) is -1.59. The molecule has 0 aromatic carbocycles. The average molecular weight is 337 g/mol. The third-order valence-electron chi connectivity index (χ3n) is 2.49. The van der Waals surface area contributed by atoms with E-state index in [1.165, 1.54) is 0 Å². The number of carbonyl (C=O) groups excluding carboxylic acids is 3. The summed E-state index contributed by atoms with van der Waals surface area (Å²) in [6.45, 7) is 3.81. The maximum absolute atomic E-state index is 12.2. The van der Waals surface area contributed by atoms with E-state index >= 15 is 0 Å². The van der Waals surface area contributed by atoms with Gasteiger partial charge in [0.25, 0.3) is 0 Å². The highest BCUT2D eigenvalue weighted by molar-refractivity contribution is 5.83. The SMILES string of the molecule is COC(=O)C(C[C@H](OCCF)C(=O)OC)NC(=O)OC(C)(C)C. The van der Waals surface area contributed by atoms with Crippen molar-refractivity contribution in [1.82, 2.24) is 5.32 Å². The Kier molecular flexibility index (Phi) is 9.16. The van der Waals surface area contributed by atoms with E-state index in [4.69, 9.17) is 9.47 Å². The van der Waals surface area contributed by atoms with Crippen molar-refractivity contribution in [3.05, 3.63) is 0 Å². The van der Waals surface area contributed by atoms with Crippen LogP contribution in [0.25, 0.3) is 0 Å². The summed E-state index contributed by atoms with van der Waals surface area (Å²) in [6.07, 6.45) is -2.37. The van der Waals surface area contributed by atoms with Gasteiger partial charge in [-0.2, -0.15) is 0 Å². The van der Waals surface area contributed by atoms with Crippen LogP contribution in [0.4, 0.5) is 9.18 Å². The minimum Gasteiger partial charge on any atom is -0.467 e. The van der Waals surface area contributed by atoms with E-state index in [-0.39, 0.29) is 13.0 Å². The first-order chi connectivity index (χ1) is 10.6. The summed E-state index contributed by atoms with van der Waals surface area (Å²) in [6, 6.07) is -1.21. The predicted molar refractivity (Wildman–Crippen MR) is 77.5 cm³/mol. The van der Waals surface area contributed by atoms with E-state index < -0.39 is 42.5 Å². The van der Waals surface area contributed by atoms with E-state index in [9.17, 15) is 18.8 Å². The number of ether oxygens (including phenoxy) is 4. The molecular formula is C14H24FNO7. The Morgan fingerprint density at radius 1 is 1.09 bits per heavy atom. The molecule has 9 heteroatoms. The van der Waals surface area contributed by atoms with Gasteiger partial charge in [0.05, 0.1) is 20.8 Å². The fourth-order valence-electron chi connectivity index (χ4n) is 1.57. The Hall–Kier alpha value is -1.90. The summed E-state index contributed by atoms with van der Waals surface area (Å²) in [7, 11) is 2.25. The van der Waals surface area contributed by atoms with Crippen molar-refractivity contribution < 1.29 is 37.7 Å². The van der Waals surface area contributed by atoms with Crippen LogP contribution in [0, 0.1) is 0 Å². The van der Waals surface area contributed by atoms with Gasteiger partial charge < -0.3 is 24.3 Å². The van der Waals surface area contributed by atoms with Crippen molar-refractivity contribution in [1.29, 1.82) is 0 Å². The molecule has 0 fully saturated rings. The molecule has 2 atom stereocenters. The molecule has 0 rings (SSSR count). The van der Waals surface area contributed by atoms with E-state index in [0.29, 0.717) is 0 Å². The minimum absolute atomic E-state index is 0.279. The summed E-state index contributed by atoms with van der Waals surface area (Å²) in [5, 5.41) is 2.29. The summed E-state index contributed by atoms with van der Waals surface area (Å²) < 4.78 is 31.4. The number of nitrogens with one attached hydrogen (secondary N) is 1. The number of hydrogen-bond acceptors (Lipinski definition) is 7. The molecule has 23 heavy (non-hydrogen) atoms. The lowest BCUT2D eigenvalue weighted by atomic mass is 10.1. The Balaban J connectivity index is 4.96. The van der Waals surface area contributed by atoms with Crippen molar-refractivity contribution in [3.8, 4) is 0 Å². The van der Waals surface area contributed by atoms with Crippen LogP contribution in [0.5, 0.6) is 0 Å². The van der Waals surface area contributed by atoms with Gasteiger partial charge in [-0.3, -0.25) is 0 Å². The Morgan fingerprint density at radius 2 is 1.65 bits per heavy atom. The standard InChI is InChI=1S/C14H24FNO7/c1-14(2,3)23-13(19)16-9(11(17)20-4)8-10(12(18)21-5)22-7-6-15/h9-10H,6-8H2,1-5H3,(H,16,19)/t9?,10-/m0/s1. The average Bonchev–Trinajstić information content (AvgIpc) is 2.46. The number of esters is 2. The van der Waals surface area contributed by atoms with E-state index in [0.717, 1.165) is 14.2 Å². The van der Waals surface area contributed by atoms with Crippen LogP contribution in [-0.4, -0.2) is 63.3 Å². The zero-order valence-corrected chi connectivity index (χ0v) is 14.0. The van der Waals surface area contributed by atoms with Crippen LogP contribution < -0.4 is 5.32 Å². The van der Waals surface area contributed by atoms with Crippen molar-refractivity contribution in [2.75, 3.05) is 27.5 Å². The van der Waals surface area contributed by atoms with Gasteiger partial charge in [0.2, 0.25) is 0 Å². The lowest BCUT2D eigenvalue weighted by Gasteiger charge is -2.24. The van der Waals surface area contributed by atoms with Gasteiger partial charge in [-0.1, -0.05) is 0 Å². The molecule has 0 heterocycles. The van der Waals surface area contributed by atoms with E-state index in [2.05, 4.69) is 14.8 Å². The van der Waals surface area contributed by atoms with E-state index in [1.54, 1.807) is 20.8 Å². The predicted octanol–water partition coefficient (Wildman–Crippen LogP) is 0.970. The molecule has 0 aliphatic carbocycles. The molecular weight excluding hydrogens is 313 g/mol. The maximum atomic E-state index is 12.2. The molecule has 0 aromatic heterocycles. The van der Waals surface area contributed by atoms with Gasteiger partial charge in [0.1, 0.15) is 18.3 Å². The number of methoxy groups -OCH3 is 2. The van der Waals surface area contributed by atoms with Gasteiger partial charge in [0, 0.05) is 6.42 Å². The molecule has 0 radical (unpaired) electrons. The largest absolute Gasteiger partial charge is 0.467 e. The highest BCUT2D eigenvalue weighted by atomic mass is 19.1. The topological polar surface area (TPSA) is 100 Å². The molecule has 1 amide bonds. The van der Waals surface area contributed by atoms with E-state index in [1.807, 2.05) is 0 Å². The lowest BCUT2D eigenvalue weighted by Crippen LogP contribution is -2.47. The van der Waals surface area contributed by atoms with Crippen molar-refractivity contribution in [2.24, 2.45) is 0 Å². The van der Waals surface area contributed by atoms with Crippen molar-refractivity contribution in [2.45, 2.75) is 44.9 Å². The first kappa shape index (κ1) is 21.1. The molecule has 8 nitrogen and oxygen atoms in total. The zero-order valence-electron chi connectivity index (χ0n) is 14.0. The van der Waals surface area contributed by atoms with Crippen LogP contribution in [0.3, 0.4) is 0 Å². The van der Waals surface area contributed by atoms with Gasteiger partial charge in [0.15, 0.2) is 6.10 Å². The number of halogens is 1. The molecule has 0 saturated carbocycles. The molecule has 0 bridgehead atoms. The number of rotatable bonds is 8. The van der Waals surface area contributed by atoms with Crippen LogP contribution in [0.15, 0.2) is 0 Å². The molecule has 134 valence electrons. The fraction of sp³-hybridized carbons (Fsp3) is 0.786. The molecule has 0 spiro atoms. The molecule has 0 aliphatic rings. The van der Waals surface area contributed by atoms with Gasteiger partial charge in [-0.05, 0) is 20.8 Å². The zero-order chi connectivity index (χ0) is 18.0. The minimum atomic E-state index is -1.23. The first-order valence-corrected chi connectivity index (χ1v) is 6.97. The van der Waals surface area contributed by atoms with Crippen LogP contribution >= 0.6 is 0 Å². The summed E-state index contributed by atoms with van der Waals surface area (Å²) in [4.78, 5) is 35.1. The molecule has 0 aromatic rings. The van der Waals surface area contributed by atoms with Gasteiger partial charge >= 0.3 is 18.0 Å². The third-order valence-corrected chi connectivity index (χ3v) is 2.49. The van der Waals surface area contributed by atoms with Crippen molar-refractivity contribution >= 4 is 18.0 Å². The number of hydrogen-bond donors (Lipinski definition) is 1. The Labute approximate surface area is 134 Å². The maximum Gasteiger partial charge on any atom is 0.408 e. The van der Waals surface area contributed by atoms with Crippen LogP contribution in [-0.2, 0) is 28.5 Å². The van der Waals surface area contributed by atoms with Crippen LogP contribution in [0.2, 0.25) is 0 Å².